The lowest BCUT2D eigenvalue weighted by molar-refractivity contribution is 0.0950. The van der Waals surface area contributed by atoms with E-state index in [1.807, 2.05) is 31.2 Å². The van der Waals surface area contributed by atoms with E-state index in [1.54, 1.807) is 24.4 Å². The molecule has 0 aliphatic rings. The fourth-order valence-electron chi connectivity index (χ4n) is 2.43. The number of amides is 3. The number of para-hydroxylation sites is 2. The predicted octanol–water partition coefficient (Wildman–Crippen LogP) is 2.36. The number of anilines is 1. The van der Waals surface area contributed by atoms with Crippen LogP contribution in [0.15, 0.2) is 48.7 Å². The topological polar surface area (TPSA) is 110 Å². The molecule has 126 valence electrons. The number of hydrogen-bond acceptors (Lipinski definition) is 4. The van der Waals surface area contributed by atoms with Crippen LogP contribution in [0.2, 0.25) is 0 Å². The maximum atomic E-state index is 12.4. The first-order chi connectivity index (χ1) is 12.0. The van der Waals surface area contributed by atoms with E-state index in [1.165, 1.54) is 0 Å². The molecule has 3 aromatic rings. The van der Waals surface area contributed by atoms with E-state index < -0.39 is 6.03 Å². The highest BCUT2D eigenvalue weighted by molar-refractivity contribution is 5.97. The Morgan fingerprint density at radius 1 is 1.12 bits per heavy atom. The van der Waals surface area contributed by atoms with E-state index in [2.05, 4.69) is 20.6 Å². The lowest BCUT2D eigenvalue weighted by atomic mass is 10.1. The molecule has 0 aliphatic carbocycles. The number of hydrogen-bond donors (Lipinski definition) is 3. The molecule has 1 heterocycles. The van der Waals surface area contributed by atoms with Crippen molar-refractivity contribution in [2.75, 3.05) is 5.32 Å². The molecule has 0 fully saturated rings. The Morgan fingerprint density at radius 2 is 1.88 bits per heavy atom. The number of aryl methyl sites for hydroxylation is 1. The number of nitrogens with zero attached hydrogens (tertiary/aromatic N) is 2. The molecule has 0 spiro atoms. The van der Waals surface area contributed by atoms with Gasteiger partial charge in [-0.3, -0.25) is 9.78 Å². The molecule has 0 saturated heterocycles. The molecule has 1 aromatic heterocycles. The van der Waals surface area contributed by atoms with Crippen LogP contribution in [0.1, 0.15) is 21.6 Å². The number of carbonyl (C=O) groups is 2. The average molecular weight is 335 g/mol. The summed E-state index contributed by atoms with van der Waals surface area (Å²) in [7, 11) is 0. The van der Waals surface area contributed by atoms with Gasteiger partial charge in [0.1, 0.15) is 0 Å². The number of aromatic nitrogens is 2. The van der Waals surface area contributed by atoms with Gasteiger partial charge in [0.25, 0.3) is 5.91 Å². The summed E-state index contributed by atoms with van der Waals surface area (Å²) in [6.45, 7) is 2.07. The fraction of sp³-hybridized carbons (Fsp3) is 0.111. The van der Waals surface area contributed by atoms with Gasteiger partial charge in [-0.15, -0.1) is 0 Å². The molecule has 4 N–H and O–H groups in total. The number of benzene rings is 2. The SMILES string of the molecule is Cc1ccc(NC(N)=O)cc1C(=O)NCc1cnc2ccccc2n1. The van der Waals surface area contributed by atoms with Crippen LogP contribution >= 0.6 is 0 Å². The molecular weight excluding hydrogens is 318 g/mol. The van der Waals surface area contributed by atoms with Crippen LogP contribution in [0.4, 0.5) is 10.5 Å². The number of carbonyl (C=O) groups excluding carboxylic acids is 2. The zero-order valence-corrected chi connectivity index (χ0v) is 13.6. The van der Waals surface area contributed by atoms with Gasteiger partial charge in [-0.2, -0.15) is 0 Å². The number of primary amides is 1. The van der Waals surface area contributed by atoms with E-state index in [-0.39, 0.29) is 12.5 Å². The van der Waals surface area contributed by atoms with E-state index in [4.69, 9.17) is 5.73 Å². The zero-order valence-electron chi connectivity index (χ0n) is 13.6. The highest BCUT2D eigenvalue weighted by Crippen LogP contribution is 2.15. The summed E-state index contributed by atoms with van der Waals surface area (Å²) in [6.07, 6.45) is 1.64. The molecule has 7 nitrogen and oxygen atoms in total. The number of urea groups is 1. The van der Waals surface area contributed by atoms with Gasteiger partial charge in [-0.25, -0.2) is 9.78 Å². The Morgan fingerprint density at radius 3 is 2.64 bits per heavy atom. The molecule has 0 unspecified atom stereocenters. The summed E-state index contributed by atoms with van der Waals surface area (Å²) < 4.78 is 0. The van der Waals surface area contributed by atoms with Gasteiger partial charge in [0.15, 0.2) is 0 Å². The Kier molecular flexibility index (Phi) is 4.56. The van der Waals surface area contributed by atoms with Crippen molar-refractivity contribution in [1.82, 2.24) is 15.3 Å². The Labute approximate surface area is 144 Å². The van der Waals surface area contributed by atoms with Crippen LogP contribution in [0, 0.1) is 6.92 Å². The van der Waals surface area contributed by atoms with Crippen LogP contribution in [-0.4, -0.2) is 21.9 Å². The Hall–Kier alpha value is -3.48. The zero-order chi connectivity index (χ0) is 17.8. The Bertz CT molecular complexity index is 955. The van der Waals surface area contributed by atoms with Crippen molar-refractivity contribution in [3.63, 3.8) is 0 Å². The van der Waals surface area contributed by atoms with Crippen molar-refractivity contribution in [2.45, 2.75) is 13.5 Å². The first kappa shape index (κ1) is 16.4. The minimum atomic E-state index is -0.679. The van der Waals surface area contributed by atoms with Gasteiger partial charge in [-0.05, 0) is 36.8 Å². The lowest BCUT2D eigenvalue weighted by Gasteiger charge is -2.10. The quantitative estimate of drug-likeness (QED) is 0.679. The second-order valence-electron chi connectivity index (χ2n) is 5.55. The molecule has 3 amide bonds. The monoisotopic (exact) mass is 335 g/mol. The summed E-state index contributed by atoms with van der Waals surface area (Å²) in [4.78, 5) is 32.2. The molecule has 0 aliphatic heterocycles. The molecule has 0 radical (unpaired) electrons. The molecule has 25 heavy (non-hydrogen) atoms. The third-order valence-corrected chi connectivity index (χ3v) is 3.68. The number of nitrogens with two attached hydrogens (primary N) is 1. The minimum Gasteiger partial charge on any atom is -0.351 e. The van der Waals surface area contributed by atoms with Crippen molar-refractivity contribution in [3.05, 3.63) is 65.5 Å². The smallest absolute Gasteiger partial charge is 0.316 e. The number of rotatable bonds is 4. The second-order valence-corrected chi connectivity index (χ2v) is 5.55. The summed E-state index contributed by atoms with van der Waals surface area (Å²) in [6, 6.07) is 11.9. The van der Waals surface area contributed by atoms with Crippen LogP contribution in [0.5, 0.6) is 0 Å². The maximum Gasteiger partial charge on any atom is 0.316 e. The van der Waals surface area contributed by atoms with Crippen molar-refractivity contribution >= 4 is 28.7 Å². The largest absolute Gasteiger partial charge is 0.351 e. The summed E-state index contributed by atoms with van der Waals surface area (Å²) >= 11 is 0. The second kappa shape index (κ2) is 6.96. The van der Waals surface area contributed by atoms with Crippen LogP contribution in [-0.2, 0) is 6.54 Å². The van der Waals surface area contributed by atoms with Gasteiger partial charge in [0, 0.05) is 11.3 Å². The summed E-state index contributed by atoms with van der Waals surface area (Å²) in [5.74, 6) is -0.263. The average Bonchev–Trinajstić information content (AvgIpc) is 2.60. The molecule has 0 atom stereocenters. The minimum absolute atomic E-state index is 0.254. The van der Waals surface area contributed by atoms with Crippen LogP contribution < -0.4 is 16.4 Å². The van der Waals surface area contributed by atoms with Gasteiger partial charge < -0.3 is 16.4 Å². The molecule has 0 saturated carbocycles. The first-order valence-corrected chi connectivity index (χ1v) is 7.69. The fourth-order valence-corrected chi connectivity index (χ4v) is 2.43. The summed E-state index contributed by atoms with van der Waals surface area (Å²) in [5.41, 5.74) is 9.06. The first-order valence-electron chi connectivity index (χ1n) is 7.69. The molecule has 0 bridgehead atoms. The molecular formula is C18H17N5O2. The van der Waals surface area contributed by atoms with Crippen LogP contribution in [0.25, 0.3) is 11.0 Å². The maximum absolute atomic E-state index is 12.4. The van der Waals surface area contributed by atoms with Crippen LogP contribution in [0.3, 0.4) is 0 Å². The van der Waals surface area contributed by atoms with Crippen molar-refractivity contribution in [2.24, 2.45) is 5.73 Å². The van der Waals surface area contributed by atoms with Crippen molar-refractivity contribution < 1.29 is 9.59 Å². The van der Waals surface area contributed by atoms with E-state index in [9.17, 15) is 9.59 Å². The van der Waals surface area contributed by atoms with Gasteiger partial charge >= 0.3 is 6.03 Å². The number of nitrogens with one attached hydrogen (secondary N) is 2. The molecule has 3 rings (SSSR count). The predicted molar refractivity (Wildman–Crippen MR) is 95.1 cm³/mol. The van der Waals surface area contributed by atoms with E-state index in [0.29, 0.717) is 16.9 Å². The van der Waals surface area contributed by atoms with Gasteiger partial charge in [0.2, 0.25) is 0 Å². The van der Waals surface area contributed by atoms with Crippen molar-refractivity contribution in [3.8, 4) is 0 Å². The lowest BCUT2D eigenvalue weighted by Crippen LogP contribution is -2.25. The standard InChI is InChI=1S/C18H17N5O2/c1-11-6-7-12(23-18(19)25)8-14(11)17(24)21-10-13-9-20-15-4-2-3-5-16(15)22-13/h2-9H,10H2,1H3,(H,21,24)(H3,19,23,25). The molecule has 2 aromatic carbocycles. The Balaban J connectivity index is 1.74. The van der Waals surface area contributed by atoms with Gasteiger partial charge in [-0.1, -0.05) is 18.2 Å². The third-order valence-electron chi connectivity index (χ3n) is 3.68. The van der Waals surface area contributed by atoms with Crippen molar-refractivity contribution in [1.29, 1.82) is 0 Å². The third kappa shape index (κ3) is 3.89. The van der Waals surface area contributed by atoms with Gasteiger partial charge in [0.05, 0.1) is 29.5 Å². The highest BCUT2D eigenvalue weighted by atomic mass is 16.2. The highest BCUT2D eigenvalue weighted by Gasteiger charge is 2.11. The van der Waals surface area contributed by atoms with E-state index >= 15 is 0 Å². The van der Waals surface area contributed by atoms with E-state index in [0.717, 1.165) is 16.6 Å². The molecule has 7 heteroatoms. The normalized spacial score (nSPS) is 10.4. The summed E-state index contributed by atoms with van der Waals surface area (Å²) in [5, 5.41) is 5.27. The number of fused-ring (bicyclic) bond motifs is 1.